The molecule has 0 heterocycles. The molecule has 1 aliphatic carbocycles. The summed E-state index contributed by atoms with van der Waals surface area (Å²) in [5.74, 6) is 0.0337. The summed E-state index contributed by atoms with van der Waals surface area (Å²) in [7, 11) is -0.988. The first-order valence-corrected chi connectivity index (χ1v) is 14.9. The van der Waals surface area contributed by atoms with E-state index < -0.39 is 28.5 Å². The normalized spacial score (nSPS) is 14.5. The number of sulfonamides is 1. The lowest BCUT2D eigenvalue weighted by Crippen LogP contribution is -2.54. The highest BCUT2D eigenvalue weighted by Gasteiger charge is 2.33. The van der Waals surface area contributed by atoms with E-state index in [1.54, 1.807) is 12.1 Å². The fraction of sp³-hybridized carbons (Fsp3) is 0.500. The van der Waals surface area contributed by atoms with Gasteiger partial charge in [0.05, 0.1) is 26.2 Å². The molecular formula is C28H39N3O6S. The van der Waals surface area contributed by atoms with Crippen LogP contribution >= 0.6 is 0 Å². The zero-order chi connectivity index (χ0) is 27.7. The Labute approximate surface area is 226 Å². The minimum atomic E-state index is -3.89. The average molecular weight is 546 g/mol. The van der Waals surface area contributed by atoms with Gasteiger partial charge in [0.2, 0.25) is 21.8 Å². The van der Waals surface area contributed by atoms with E-state index in [1.807, 2.05) is 37.3 Å². The third kappa shape index (κ3) is 7.63. The van der Waals surface area contributed by atoms with Gasteiger partial charge in [-0.05, 0) is 43.4 Å². The van der Waals surface area contributed by atoms with Gasteiger partial charge >= 0.3 is 0 Å². The molecule has 1 saturated carbocycles. The highest BCUT2D eigenvalue weighted by molar-refractivity contribution is 7.92. The molecule has 1 N–H and O–H groups in total. The van der Waals surface area contributed by atoms with Crippen LogP contribution in [0.4, 0.5) is 5.69 Å². The van der Waals surface area contributed by atoms with E-state index in [1.165, 1.54) is 25.2 Å². The fourth-order valence-electron chi connectivity index (χ4n) is 4.85. The zero-order valence-electron chi connectivity index (χ0n) is 22.7. The lowest BCUT2D eigenvalue weighted by atomic mass is 10.1. The number of rotatable bonds is 13. The van der Waals surface area contributed by atoms with E-state index in [-0.39, 0.29) is 29.9 Å². The van der Waals surface area contributed by atoms with Gasteiger partial charge < -0.3 is 19.7 Å². The first-order chi connectivity index (χ1) is 18.2. The van der Waals surface area contributed by atoms with Crippen molar-refractivity contribution in [2.24, 2.45) is 0 Å². The summed E-state index contributed by atoms with van der Waals surface area (Å²) < 4.78 is 37.5. The minimum absolute atomic E-state index is 0.108. The molecule has 0 bridgehead atoms. The number of hydrogen-bond acceptors (Lipinski definition) is 6. The fourth-order valence-corrected chi connectivity index (χ4v) is 5.69. The second kappa shape index (κ2) is 13.5. The number of benzene rings is 2. The average Bonchev–Trinajstić information content (AvgIpc) is 3.42. The highest BCUT2D eigenvalue weighted by Crippen LogP contribution is 2.34. The van der Waals surface area contributed by atoms with Gasteiger partial charge in [0, 0.05) is 18.7 Å². The number of hydrogen-bond donors (Lipinski definition) is 1. The number of ether oxygens (including phenoxy) is 2. The van der Waals surface area contributed by atoms with E-state index in [0.29, 0.717) is 18.6 Å². The van der Waals surface area contributed by atoms with Gasteiger partial charge in [-0.2, -0.15) is 0 Å². The molecule has 2 amide bonds. The van der Waals surface area contributed by atoms with Crippen molar-refractivity contribution in [3.8, 4) is 11.5 Å². The van der Waals surface area contributed by atoms with Crippen LogP contribution in [0.15, 0.2) is 48.5 Å². The Hall–Kier alpha value is -3.27. The number of nitrogens with one attached hydrogen (secondary N) is 1. The van der Waals surface area contributed by atoms with Crippen LogP contribution in [0, 0.1) is 0 Å². The second-order valence-corrected chi connectivity index (χ2v) is 11.5. The molecule has 0 radical (unpaired) electrons. The monoisotopic (exact) mass is 545 g/mol. The molecule has 0 saturated heterocycles. The van der Waals surface area contributed by atoms with Gasteiger partial charge in [-0.25, -0.2) is 8.42 Å². The number of nitrogens with zero attached hydrogens (tertiary/aromatic N) is 2. The minimum Gasteiger partial charge on any atom is -0.497 e. The molecule has 9 nitrogen and oxygen atoms in total. The molecule has 0 aromatic heterocycles. The molecule has 38 heavy (non-hydrogen) atoms. The number of carbonyl (C=O) groups excluding carboxylic acids is 2. The molecule has 2 aromatic carbocycles. The van der Waals surface area contributed by atoms with Crippen LogP contribution < -0.4 is 19.1 Å². The quantitative estimate of drug-likeness (QED) is 0.414. The van der Waals surface area contributed by atoms with E-state index in [2.05, 4.69) is 5.32 Å². The first-order valence-electron chi connectivity index (χ1n) is 13.0. The van der Waals surface area contributed by atoms with Crippen LogP contribution in [0.1, 0.15) is 44.6 Å². The van der Waals surface area contributed by atoms with Gasteiger partial charge in [0.25, 0.3) is 0 Å². The van der Waals surface area contributed by atoms with E-state index >= 15 is 0 Å². The number of carbonyl (C=O) groups is 2. The highest BCUT2D eigenvalue weighted by atomic mass is 32.2. The van der Waals surface area contributed by atoms with Gasteiger partial charge in [-0.3, -0.25) is 13.9 Å². The predicted octanol–water partition coefficient (Wildman–Crippen LogP) is 3.38. The van der Waals surface area contributed by atoms with Crippen molar-refractivity contribution in [3.05, 3.63) is 54.1 Å². The molecule has 2 aromatic rings. The van der Waals surface area contributed by atoms with E-state index in [9.17, 15) is 18.0 Å². The Morgan fingerprint density at radius 3 is 2.32 bits per heavy atom. The number of methoxy groups -OCH3 is 2. The largest absolute Gasteiger partial charge is 0.497 e. The third-order valence-electron chi connectivity index (χ3n) is 6.91. The molecule has 3 rings (SSSR count). The van der Waals surface area contributed by atoms with Crippen LogP contribution in [-0.2, 0) is 26.0 Å². The maximum Gasteiger partial charge on any atom is 0.244 e. The van der Waals surface area contributed by atoms with Gasteiger partial charge in [0.15, 0.2) is 0 Å². The summed E-state index contributed by atoms with van der Waals surface area (Å²) >= 11 is 0. The Morgan fingerprint density at radius 1 is 1.05 bits per heavy atom. The van der Waals surface area contributed by atoms with Crippen LogP contribution in [0.25, 0.3) is 0 Å². The van der Waals surface area contributed by atoms with Crippen LogP contribution in [0.5, 0.6) is 11.5 Å². The number of anilines is 1. The van der Waals surface area contributed by atoms with Crippen molar-refractivity contribution in [1.82, 2.24) is 10.2 Å². The molecule has 1 fully saturated rings. The molecule has 1 aliphatic rings. The molecule has 1 atom stereocenters. The van der Waals surface area contributed by atoms with Gasteiger partial charge in [0.1, 0.15) is 24.1 Å². The second-order valence-electron chi connectivity index (χ2n) is 9.54. The maximum absolute atomic E-state index is 13.9. The Kier molecular flexibility index (Phi) is 10.4. The third-order valence-corrected chi connectivity index (χ3v) is 8.03. The lowest BCUT2D eigenvalue weighted by Gasteiger charge is -2.33. The topological polar surface area (TPSA) is 105 Å². The van der Waals surface area contributed by atoms with E-state index in [0.717, 1.165) is 41.8 Å². The van der Waals surface area contributed by atoms with E-state index in [4.69, 9.17) is 9.47 Å². The Morgan fingerprint density at radius 2 is 1.74 bits per heavy atom. The summed E-state index contributed by atoms with van der Waals surface area (Å²) in [6.07, 6.45) is 5.97. The predicted molar refractivity (Wildman–Crippen MR) is 148 cm³/mol. The number of amides is 2. The first kappa shape index (κ1) is 29.3. The van der Waals surface area contributed by atoms with Crippen molar-refractivity contribution in [2.75, 3.05) is 37.9 Å². The maximum atomic E-state index is 13.9. The van der Waals surface area contributed by atoms with Gasteiger partial charge in [-0.1, -0.05) is 50.1 Å². The lowest BCUT2D eigenvalue weighted by molar-refractivity contribution is -0.139. The van der Waals surface area contributed by atoms with Crippen LogP contribution in [0.3, 0.4) is 0 Å². The molecule has 0 unspecified atom stereocenters. The van der Waals surface area contributed by atoms with Crippen LogP contribution in [0.2, 0.25) is 0 Å². The molecular weight excluding hydrogens is 506 g/mol. The van der Waals surface area contributed by atoms with Crippen molar-refractivity contribution >= 4 is 27.5 Å². The molecule has 10 heteroatoms. The smallest absolute Gasteiger partial charge is 0.244 e. The Bertz CT molecular complexity index is 1180. The molecule has 0 spiro atoms. The van der Waals surface area contributed by atoms with Crippen LogP contribution in [-0.4, -0.2) is 70.8 Å². The zero-order valence-corrected chi connectivity index (χ0v) is 23.5. The Balaban J connectivity index is 1.93. The van der Waals surface area contributed by atoms with Gasteiger partial charge in [-0.15, -0.1) is 0 Å². The van der Waals surface area contributed by atoms with Crippen molar-refractivity contribution in [2.45, 2.75) is 57.5 Å². The summed E-state index contributed by atoms with van der Waals surface area (Å²) in [6, 6.07) is 13.8. The molecule has 208 valence electrons. The molecule has 0 aliphatic heterocycles. The summed E-state index contributed by atoms with van der Waals surface area (Å²) in [4.78, 5) is 28.7. The summed E-state index contributed by atoms with van der Waals surface area (Å²) in [5.41, 5.74) is 1.21. The standard InChI is InChI=1S/C28H39N3O6S/c1-5-24(28(33)29-22-13-9-10-14-22)30(18-17-21-11-7-6-8-12-21)27(32)20-31(38(4,34)35)25-19-23(36-2)15-16-26(25)37-3/h6-8,11-12,15-16,19,22,24H,5,9-10,13-14,17-18,20H2,1-4H3,(H,29,33)/t24-/m0/s1. The van der Waals surface area contributed by atoms with Crippen molar-refractivity contribution in [3.63, 3.8) is 0 Å². The SMILES string of the molecule is CC[C@@H](C(=O)NC1CCCC1)N(CCc1ccccc1)C(=O)CN(c1cc(OC)ccc1OC)S(C)(=O)=O. The summed E-state index contributed by atoms with van der Waals surface area (Å²) in [6.45, 7) is 1.65. The summed E-state index contributed by atoms with van der Waals surface area (Å²) in [5, 5.41) is 3.11. The van der Waals surface area contributed by atoms with Crippen molar-refractivity contribution < 1.29 is 27.5 Å². The van der Waals surface area contributed by atoms with Crippen molar-refractivity contribution in [1.29, 1.82) is 0 Å².